The highest BCUT2D eigenvalue weighted by Gasteiger charge is 2.48. The summed E-state index contributed by atoms with van der Waals surface area (Å²) in [5, 5.41) is 7.07. The number of hydrogen-bond acceptors (Lipinski definition) is 6. The fourth-order valence-corrected chi connectivity index (χ4v) is 7.00. The lowest BCUT2D eigenvalue weighted by molar-refractivity contribution is -0.137. The number of fused-ring (bicyclic) bond motifs is 3. The highest BCUT2D eigenvalue weighted by Crippen LogP contribution is 2.47. The topological polar surface area (TPSA) is 111 Å². The van der Waals surface area contributed by atoms with E-state index in [0.29, 0.717) is 49.3 Å². The van der Waals surface area contributed by atoms with Gasteiger partial charge in [-0.15, -0.1) is 5.10 Å². The van der Waals surface area contributed by atoms with Gasteiger partial charge >= 0.3 is 12.3 Å². The Morgan fingerprint density at radius 1 is 1.14 bits per heavy atom. The average molecular weight is 682 g/mol. The van der Waals surface area contributed by atoms with Gasteiger partial charge in [0.15, 0.2) is 0 Å². The Labute approximate surface area is 261 Å². The number of carbonyl (C=O) groups is 2. The smallest absolute Gasteiger partial charge is 0.416 e. The fourth-order valence-electron chi connectivity index (χ4n) is 6.68. The fraction of sp³-hybridized carbons (Fsp3) is 0.567. The zero-order valence-corrected chi connectivity index (χ0v) is 27.1. The van der Waals surface area contributed by atoms with E-state index in [0.717, 1.165) is 18.6 Å². The molecule has 2 aromatic heterocycles. The zero-order valence-electron chi connectivity index (χ0n) is 25.6. The van der Waals surface area contributed by atoms with Gasteiger partial charge in [0.1, 0.15) is 12.1 Å². The van der Waals surface area contributed by atoms with Crippen LogP contribution in [0.2, 0.25) is 0 Å². The molecule has 14 heteroatoms. The van der Waals surface area contributed by atoms with Crippen LogP contribution in [-0.2, 0) is 34.1 Å². The number of alkyl halides is 3. The van der Waals surface area contributed by atoms with Crippen LogP contribution in [0.4, 0.5) is 23.7 Å². The number of piperidine rings is 1. The number of carbonyl (C=O) groups excluding carboxylic acids is 2. The molecule has 44 heavy (non-hydrogen) atoms. The molecule has 3 aromatic rings. The summed E-state index contributed by atoms with van der Waals surface area (Å²) < 4.78 is 48.6. The number of amides is 2. The average Bonchev–Trinajstić information content (AvgIpc) is 3.31. The van der Waals surface area contributed by atoms with Crippen LogP contribution < -0.4 is 10.9 Å². The summed E-state index contributed by atoms with van der Waals surface area (Å²) >= 11 is 3.26. The van der Waals surface area contributed by atoms with Crippen molar-refractivity contribution in [3.8, 4) is 0 Å². The first-order chi connectivity index (χ1) is 20.4. The van der Waals surface area contributed by atoms with Crippen molar-refractivity contribution in [3.63, 3.8) is 0 Å². The molecular weight excluding hydrogens is 645 g/mol. The normalized spacial score (nSPS) is 18.4. The molecule has 10 nitrogen and oxygen atoms in total. The maximum atomic E-state index is 14.1. The lowest BCUT2D eigenvalue weighted by Crippen LogP contribution is -2.53. The number of halogens is 4. The Kier molecular flexibility index (Phi) is 8.13. The van der Waals surface area contributed by atoms with E-state index in [1.807, 2.05) is 20.8 Å². The molecule has 2 amide bonds. The molecule has 0 bridgehead atoms. The molecule has 1 aliphatic carbocycles. The van der Waals surface area contributed by atoms with Crippen LogP contribution in [0.3, 0.4) is 0 Å². The minimum absolute atomic E-state index is 0.118. The van der Waals surface area contributed by atoms with E-state index in [4.69, 9.17) is 4.74 Å². The Morgan fingerprint density at radius 3 is 2.32 bits per heavy atom. The lowest BCUT2D eigenvalue weighted by Gasteiger charge is -2.48. The second-order valence-corrected chi connectivity index (χ2v) is 13.6. The third kappa shape index (κ3) is 5.84. The van der Waals surface area contributed by atoms with E-state index in [1.165, 1.54) is 18.4 Å². The molecule has 3 heterocycles. The Morgan fingerprint density at radius 2 is 1.75 bits per heavy atom. The number of ether oxygens (including phenoxy) is 1. The molecule has 1 unspecified atom stereocenters. The van der Waals surface area contributed by atoms with Gasteiger partial charge in [-0.25, -0.2) is 4.79 Å². The molecule has 0 radical (unpaired) electrons. The largest absolute Gasteiger partial charge is 0.444 e. The summed E-state index contributed by atoms with van der Waals surface area (Å²) in [4.78, 5) is 46.4. The van der Waals surface area contributed by atoms with Crippen molar-refractivity contribution in [2.75, 3.05) is 18.4 Å². The third-order valence-electron chi connectivity index (χ3n) is 8.82. The van der Waals surface area contributed by atoms with E-state index in [9.17, 15) is 27.6 Å². The van der Waals surface area contributed by atoms with Gasteiger partial charge in [-0.05, 0) is 105 Å². The quantitative estimate of drug-likeness (QED) is 0.376. The molecular formula is C30H36BrF3N6O4. The molecule has 1 spiro atoms. The van der Waals surface area contributed by atoms with Crippen molar-refractivity contribution in [2.45, 2.75) is 91.0 Å². The van der Waals surface area contributed by atoms with Gasteiger partial charge in [-0.3, -0.25) is 9.59 Å². The first kappa shape index (κ1) is 32.0. The summed E-state index contributed by atoms with van der Waals surface area (Å²) in [6.45, 7) is 11.2. The molecule has 1 atom stereocenters. The molecule has 1 aromatic carbocycles. The van der Waals surface area contributed by atoms with Gasteiger partial charge in [-0.1, -0.05) is 6.92 Å². The molecule has 1 saturated heterocycles. The van der Waals surface area contributed by atoms with E-state index in [-0.39, 0.29) is 39.7 Å². The highest BCUT2D eigenvalue weighted by molar-refractivity contribution is 9.10. The van der Waals surface area contributed by atoms with Crippen molar-refractivity contribution in [1.82, 2.24) is 24.1 Å². The van der Waals surface area contributed by atoms with Crippen molar-refractivity contribution in [2.24, 2.45) is 5.92 Å². The molecule has 0 saturated carbocycles. The molecule has 238 valence electrons. The minimum atomic E-state index is -4.50. The number of benzene rings is 1. The van der Waals surface area contributed by atoms with Gasteiger partial charge in [0, 0.05) is 35.4 Å². The maximum absolute atomic E-state index is 14.1. The number of nitrogens with zero attached hydrogens (tertiary/aromatic N) is 5. The molecule has 2 aliphatic rings. The van der Waals surface area contributed by atoms with Crippen LogP contribution in [0.1, 0.15) is 74.9 Å². The van der Waals surface area contributed by atoms with Gasteiger partial charge in [0.25, 0.3) is 5.56 Å². The summed E-state index contributed by atoms with van der Waals surface area (Å²) in [6, 6.07) is 2.01. The van der Waals surface area contributed by atoms with Crippen molar-refractivity contribution in [3.05, 3.63) is 55.2 Å². The number of nitrogens with one attached hydrogen (secondary N) is 1. The second kappa shape index (κ2) is 11.2. The van der Waals surface area contributed by atoms with Crippen LogP contribution in [0, 0.1) is 19.8 Å². The SMILES string of the molecule is Cc1cc(C(F)(F)F)cc(C)c1NC(=O)Cn1c2c(c(=O)n3nc(Br)nc13)C1(CCN(C(=O)OC(C)(C)C)CC1)C(C)CC2. The molecule has 1 fully saturated rings. The first-order valence-corrected chi connectivity index (χ1v) is 15.4. The first-order valence-electron chi connectivity index (χ1n) is 14.6. The predicted molar refractivity (Wildman–Crippen MR) is 161 cm³/mol. The lowest BCUT2D eigenvalue weighted by atomic mass is 9.60. The van der Waals surface area contributed by atoms with Crippen LogP contribution in [0.25, 0.3) is 5.78 Å². The zero-order chi connectivity index (χ0) is 32.4. The van der Waals surface area contributed by atoms with Crippen molar-refractivity contribution in [1.29, 1.82) is 0 Å². The minimum Gasteiger partial charge on any atom is -0.444 e. The second-order valence-electron chi connectivity index (χ2n) is 12.9. The summed E-state index contributed by atoms with van der Waals surface area (Å²) in [5.74, 6) is -0.171. The summed E-state index contributed by atoms with van der Waals surface area (Å²) in [5.41, 5.74) is -0.162. The third-order valence-corrected chi connectivity index (χ3v) is 9.15. The van der Waals surface area contributed by atoms with Crippen LogP contribution in [0.15, 0.2) is 21.7 Å². The Bertz CT molecular complexity index is 1680. The molecule has 5 rings (SSSR count). The van der Waals surface area contributed by atoms with Crippen LogP contribution in [-0.4, -0.2) is 54.8 Å². The van der Waals surface area contributed by atoms with Crippen LogP contribution in [0.5, 0.6) is 0 Å². The monoisotopic (exact) mass is 680 g/mol. The maximum Gasteiger partial charge on any atom is 0.416 e. The van der Waals surface area contributed by atoms with E-state index >= 15 is 0 Å². The number of hydrogen-bond donors (Lipinski definition) is 1. The van der Waals surface area contributed by atoms with Crippen molar-refractivity contribution >= 4 is 39.4 Å². The van der Waals surface area contributed by atoms with Gasteiger partial charge in [0.2, 0.25) is 16.4 Å². The summed E-state index contributed by atoms with van der Waals surface area (Å²) in [6.07, 6.45) is -2.55. The van der Waals surface area contributed by atoms with E-state index in [2.05, 4.69) is 38.3 Å². The highest BCUT2D eigenvalue weighted by atomic mass is 79.9. The summed E-state index contributed by atoms with van der Waals surface area (Å²) in [7, 11) is 0. The number of anilines is 1. The van der Waals surface area contributed by atoms with Crippen molar-refractivity contribution < 1.29 is 27.5 Å². The Balaban J connectivity index is 1.52. The Hall–Kier alpha value is -3.42. The molecule has 1 aliphatic heterocycles. The number of aryl methyl sites for hydroxylation is 2. The molecule has 1 N–H and O–H groups in total. The number of likely N-dealkylation sites (tertiary alicyclic amines) is 1. The van der Waals surface area contributed by atoms with Gasteiger partial charge in [0.05, 0.1) is 5.56 Å². The van der Waals surface area contributed by atoms with E-state index < -0.39 is 34.8 Å². The number of rotatable bonds is 3. The van der Waals surface area contributed by atoms with Gasteiger partial charge in [-0.2, -0.15) is 22.7 Å². The standard InChI is InChI=1S/C30H36BrF3N6O4/c1-16-13-19(30(32,33)34)14-17(2)23(16)35-21(41)15-39-20-8-7-18(3)29(22(20)24(42)40-26(39)36-25(31)37-40)9-11-38(12-10-29)27(43)44-28(4,5)6/h13-14,18H,7-12,15H2,1-6H3,(H,35,41). The van der Waals surface area contributed by atoms with E-state index in [1.54, 1.807) is 9.47 Å². The van der Waals surface area contributed by atoms with Gasteiger partial charge < -0.3 is 19.5 Å². The number of aromatic nitrogens is 4. The predicted octanol–water partition coefficient (Wildman–Crippen LogP) is 5.78. The van der Waals surface area contributed by atoms with Crippen LogP contribution >= 0.6 is 15.9 Å².